The Labute approximate surface area is 110 Å². The first kappa shape index (κ1) is 11.9. The van der Waals surface area contributed by atoms with Crippen LogP contribution in [0.4, 0.5) is 0 Å². The Morgan fingerprint density at radius 3 is 2.79 bits per heavy atom. The molecule has 98 valence electrons. The molecule has 1 aliphatic rings. The predicted molar refractivity (Wildman–Crippen MR) is 67.8 cm³/mol. The van der Waals surface area contributed by atoms with Gasteiger partial charge < -0.3 is 9.52 Å². The Bertz CT molecular complexity index is 646. The van der Waals surface area contributed by atoms with Crippen molar-refractivity contribution in [3.63, 3.8) is 0 Å². The SMILES string of the molecule is CC1(C)CC1c1nnc(-c2cccc(C(=O)O)c2)o1. The molecule has 1 heterocycles. The Hall–Kier alpha value is -2.17. The zero-order valence-electron chi connectivity index (χ0n) is 10.8. The Balaban J connectivity index is 1.91. The number of aromatic nitrogens is 2. The molecule has 0 aliphatic heterocycles. The van der Waals surface area contributed by atoms with Crippen LogP contribution in [0.15, 0.2) is 28.7 Å². The molecular formula is C14H14N2O3. The number of carboxylic acids is 1. The van der Waals surface area contributed by atoms with Gasteiger partial charge in [0.1, 0.15) is 0 Å². The number of hydrogen-bond donors (Lipinski definition) is 1. The summed E-state index contributed by atoms with van der Waals surface area (Å²) in [6, 6.07) is 6.51. The largest absolute Gasteiger partial charge is 0.478 e. The standard InChI is InChI=1S/C14H14N2O3/c1-14(2)7-10(14)12-16-15-11(19-12)8-4-3-5-9(6-8)13(17)18/h3-6,10H,7H2,1-2H3,(H,17,18). The molecule has 1 N–H and O–H groups in total. The predicted octanol–water partition coefficient (Wildman–Crippen LogP) is 2.95. The summed E-state index contributed by atoms with van der Waals surface area (Å²) in [5.74, 6) is 0.364. The number of carboxylic acid groups (broad SMARTS) is 1. The van der Waals surface area contributed by atoms with Gasteiger partial charge in [-0.25, -0.2) is 4.79 Å². The van der Waals surface area contributed by atoms with E-state index in [0.29, 0.717) is 23.3 Å². The maximum absolute atomic E-state index is 10.9. The molecule has 1 aliphatic carbocycles. The van der Waals surface area contributed by atoms with Crippen LogP contribution in [0, 0.1) is 5.41 Å². The summed E-state index contributed by atoms with van der Waals surface area (Å²) in [6.07, 6.45) is 1.05. The number of hydrogen-bond acceptors (Lipinski definition) is 4. The number of aromatic carboxylic acids is 1. The molecule has 1 atom stereocenters. The molecule has 1 saturated carbocycles. The summed E-state index contributed by atoms with van der Waals surface area (Å²) in [6.45, 7) is 4.32. The van der Waals surface area contributed by atoms with Crippen LogP contribution >= 0.6 is 0 Å². The number of carbonyl (C=O) groups is 1. The summed E-state index contributed by atoms with van der Waals surface area (Å²) in [7, 11) is 0. The fourth-order valence-electron chi connectivity index (χ4n) is 2.17. The fourth-order valence-corrected chi connectivity index (χ4v) is 2.17. The third-order valence-corrected chi connectivity index (χ3v) is 3.61. The molecule has 1 aromatic heterocycles. The van der Waals surface area contributed by atoms with Crippen molar-refractivity contribution in [3.8, 4) is 11.5 Å². The van der Waals surface area contributed by atoms with E-state index in [9.17, 15) is 4.79 Å². The minimum Gasteiger partial charge on any atom is -0.478 e. The zero-order valence-corrected chi connectivity index (χ0v) is 10.8. The molecule has 0 amide bonds. The van der Waals surface area contributed by atoms with Crippen molar-refractivity contribution in [3.05, 3.63) is 35.7 Å². The van der Waals surface area contributed by atoms with Crippen LogP contribution in [-0.2, 0) is 0 Å². The average Bonchev–Trinajstić information content (AvgIpc) is 2.81. The van der Waals surface area contributed by atoms with Crippen LogP contribution in [0.2, 0.25) is 0 Å². The van der Waals surface area contributed by atoms with Crippen LogP contribution in [0.5, 0.6) is 0 Å². The van der Waals surface area contributed by atoms with Gasteiger partial charge in [0, 0.05) is 11.5 Å². The van der Waals surface area contributed by atoms with E-state index in [1.165, 1.54) is 12.1 Å². The molecule has 0 saturated heterocycles. The lowest BCUT2D eigenvalue weighted by Gasteiger charge is -1.98. The molecule has 1 unspecified atom stereocenters. The normalized spacial score (nSPS) is 20.2. The van der Waals surface area contributed by atoms with Crippen molar-refractivity contribution in [1.82, 2.24) is 10.2 Å². The van der Waals surface area contributed by atoms with E-state index in [0.717, 1.165) is 6.42 Å². The minimum atomic E-state index is -0.968. The summed E-state index contributed by atoms with van der Waals surface area (Å²) < 4.78 is 5.65. The second-order valence-electron chi connectivity index (χ2n) is 5.58. The van der Waals surface area contributed by atoms with E-state index >= 15 is 0 Å². The van der Waals surface area contributed by atoms with Gasteiger partial charge in [-0.05, 0) is 30.0 Å². The van der Waals surface area contributed by atoms with E-state index in [-0.39, 0.29) is 11.0 Å². The smallest absolute Gasteiger partial charge is 0.335 e. The van der Waals surface area contributed by atoms with E-state index in [2.05, 4.69) is 24.0 Å². The van der Waals surface area contributed by atoms with Crippen LogP contribution in [0.1, 0.15) is 42.4 Å². The van der Waals surface area contributed by atoms with Gasteiger partial charge in [0.15, 0.2) is 0 Å². The Morgan fingerprint density at radius 2 is 2.16 bits per heavy atom. The molecule has 0 spiro atoms. The monoisotopic (exact) mass is 258 g/mol. The molecule has 0 radical (unpaired) electrons. The summed E-state index contributed by atoms with van der Waals surface area (Å²) in [5, 5.41) is 17.0. The summed E-state index contributed by atoms with van der Waals surface area (Å²) in [4.78, 5) is 10.9. The van der Waals surface area contributed by atoms with Crippen molar-refractivity contribution < 1.29 is 14.3 Å². The Morgan fingerprint density at radius 1 is 1.42 bits per heavy atom. The van der Waals surface area contributed by atoms with Crippen LogP contribution in [-0.4, -0.2) is 21.3 Å². The molecule has 5 nitrogen and oxygen atoms in total. The first-order valence-electron chi connectivity index (χ1n) is 6.14. The highest BCUT2D eigenvalue weighted by atomic mass is 16.4. The number of benzene rings is 1. The maximum Gasteiger partial charge on any atom is 0.335 e. The maximum atomic E-state index is 10.9. The lowest BCUT2D eigenvalue weighted by atomic mass is 10.1. The van der Waals surface area contributed by atoms with Gasteiger partial charge in [-0.1, -0.05) is 19.9 Å². The molecule has 19 heavy (non-hydrogen) atoms. The molecule has 1 aromatic carbocycles. The van der Waals surface area contributed by atoms with Gasteiger partial charge >= 0.3 is 5.97 Å². The van der Waals surface area contributed by atoms with Crippen molar-refractivity contribution in [1.29, 1.82) is 0 Å². The first-order valence-corrected chi connectivity index (χ1v) is 6.14. The van der Waals surface area contributed by atoms with Gasteiger partial charge in [-0.15, -0.1) is 10.2 Å². The van der Waals surface area contributed by atoms with E-state index in [4.69, 9.17) is 9.52 Å². The van der Waals surface area contributed by atoms with Gasteiger partial charge in [-0.2, -0.15) is 0 Å². The quantitative estimate of drug-likeness (QED) is 0.915. The van der Waals surface area contributed by atoms with E-state index < -0.39 is 5.97 Å². The van der Waals surface area contributed by atoms with Crippen molar-refractivity contribution in [2.24, 2.45) is 5.41 Å². The molecular weight excluding hydrogens is 244 g/mol. The number of rotatable bonds is 3. The zero-order chi connectivity index (χ0) is 13.6. The third-order valence-electron chi connectivity index (χ3n) is 3.61. The molecule has 2 aromatic rings. The lowest BCUT2D eigenvalue weighted by molar-refractivity contribution is 0.0697. The highest BCUT2D eigenvalue weighted by molar-refractivity contribution is 5.88. The van der Waals surface area contributed by atoms with E-state index in [1.807, 2.05) is 0 Å². The third kappa shape index (κ3) is 2.12. The molecule has 3 rings (SSSR count). The summed E-state index contributed by atoms with van der Waals surface area (Å²) in [5.41, 5.74) is 1.08. The minimum absolute atomic E-state index is 0.212. The lowest BCUT2D eigenvalue weighted by Crippen LogP contribution is -1.95. The van der Waals surface area contributed by atoms with Gasteiger partial charge in [0.05, 0.1) is 5.56 Å². The van der Waals surface area contributed by atoms with Gasteiger partial charge in [-0.3, -0.25) is 0 Å². The summed E-state index contributed by atoms with van der Waals surface area (Å²) >= 11 is 0. The van der Waals surface area contributed by atoms with Crippen LogP contribution in [0.25, 0.3) is 11.5 Å². The van der Waals surface area contributed by atoms with Crippen molar-refractivity contribution >= 4 is 5.97 Å². The highest BCUT2D eigenvalue weighted by Crippen LogP contribution is 2.58. The molecule has 5 heteroatoms. The average molecular weight is 258 g/mol. The molecule has 0 bridgehead atoms. The van der Waals surface area contributed by atoms with Crippen molar-refractivity contribution in [2.45, 2.75) is 26.2 Å². The number of nitrogens with zero attached hydrogens (tertiary/aromatic N) is 2. The van der Waals surface area contributed by atoms with Crippen LogP contribution in [0.3, 0.4) is 0 Å². The van der Waals surface area contributed by atoms with Crippen LogP contribution < -0.4 is 0 Å². The van der Waals surface area contributed by atoms with E-state index in [1.54, 1.807) is 12.1 Å². The van der Waals surface area contributed by atoms with Crippen molar-refractivity contribution in [2.75, 3.05) is 0 Å². The first-order chi connectivity index (χ1) is 8.97. The topological polar surface area (TPSA) is 76.2 Å². The second kappa shape index (κ2) is 3.91. The van der Waals surface area contributed by atoms with Gasteiger partial charge in [0.25, 0.3) is 0 Å². The highest BCUT2D eigenvalue weighted by Gasteiger charge is 2.50. The Kier molecular flexibility index (Phi) is 2.45. The van der Waals surface area contributed by atoms with Gasteiger partial charge in [0.2, 0.25) is 11.8 Å². The second-order valence-corrected chi connectivity index (χ2v) is 5.58. The fraction of sp³-hybridized carbons (Fsp3) is 0.357. The molecule has 1 fully saturated rings.